The first kappa shape index (κ1) is 19.5. The summed E-state index contributed by atoms with van der Waals surface area (Å²) in [7, 11) is 3.98. The van der Waals surface area contributed by atoms with Crippen LogP contribution in [0, 0.1) is 6.92 Å². The van der Waals surface area contributed by atoms with E-state index in [9.17, 15) is 4.79 Å². The fourth-order valence-corrected chi connectivity index (χ4v) is 3.85. The molecule has 2 aromatic rings. The minimum atomic E-state index is -0.0983. The standard InChI is InChI=1S/C19H22BrN3OS/c1-14-6-4-5-7-16(14)12-25-13-19(24)22-21-11-15-8-9-18(23(2)3)17(20)10-15/h4-11H,12-13H2,1-3H3,(H,22,24). The Morgan fingerprint density at radius 3 is 2.72 bits per heavy atom. The molecule has 0 fully saturated rings. The molecular formula is C19H22BrN3OS. The number of hydrogen-bond acceptors (Lipinski definition) is 4. The Labute approximate surface area is 161 Å². The highest BCUT2D eigenvalue weighted by molar-refractivity contribution is 9.10. The molecule has 0 spiro atoms. The van der Waals surface area contributed by atoms with Crippen molar-refractivity contribution in [1.29, 1.82) is 0 Å². The predicted octanol–water partition coefficient (Wildman–Crippen LogP) is 4.21. The summed E-state index contributed by atoms with van der Waals surface area (Å²) in [5, 5.41) is 4.03. The van der Waals surface area contributed by atoms with Gasteiger partial charge in [0.25, 0.3) is 0 Å². The second-order valence-corrected chi connectivity index (χ2v) is 7.66. The number of nitrogens with one attached hydrogen (secondary N) is 1. The van der Waals surface area contributed by atoms with Gasteiger partial charge in [0.1, 0.15) is 0 Å². The van der Waals surface area contributed by atoms with Crippen molar-refractivity contribution in [2.24, 2.45) is 5.10 Å². The van der Waals surface area contributed by atoms with Gasteiger partial charge in [-0.2, -0.15) is 5.10 Å². The first-order valence-corrected chi connectivity index (χ1v) is 9.83. The topological polar surface area (TPSA) is 44.7 Å². The summed E-state index contributed by atoms with van der Waals surface area (Å²) >= 11 is 5.12. The molecule has 0 atom stereocenters. The number of carbonyl (C=O) groups excluding carboxylic acids is 1. The molecule has 0 saturated heterocycles. The minimum absolute atomic E-state index is 0.0983. The normalized spacial score (nSPS) is 10.9. The molecule has 0 aromatic heterocycles. The molecule has 25 heavy (non-hydrogen) atoms. The average molecular weight is 420 g/mol. The van der Waals surface area contributed by atoms with Gasteiger partial charge in [-0.3, -0.25) is 4.79 Å². The lowest BCUT2D eigenvalue weighted by Crippen LogP contribution is -2.19. The Hall–Kier alpha value is -1.79. The summed E-state index contributed by atoms with van der Waals surface area (Å²) in [4.78, 5) is 13.9. The van der Waals surface area contributed by atoms with Crippen LogP contribution in [0.15, 0.2) is 52.0 Å². The maximum atomic E-state index is 11.9. The highest BCUT2D eigenvalue weighted by Crippen LogP contribution is 2.25. The Bertz CT molecular complexity index is 762. The molecule has 0 aliphatic carbocycles. The van der Waals surface area contributed by atoms with E-state index in [4.69, 9.17) is 0 Å². The zero-order valence-electron chi connectivity index (χ0n) is 14.6. The molecular weight excluding hydrogens is 398 g/mol. The zero-order chi connectivity index (χ0) is 18.2. The monoisotopic (exact) mass is 419 g/mol. The molecule has 6 heteroatoms. The quantitative estimate of drug-likeness (QED) is 0.539. The molecule has 132 valence electrons. The predicted molar refractivity (Wildman–Crippen MR) is 112 cm³/mol. The number of thioether (sulfide) groups is 1. The van der Waals surface area contributed by atoms with E-state index in [1.54, 1.807) is 18.0 Å². The molecule has 0 heterocycles. The smallest absolute Gasteiger partial charge is 0.250 e. The van der Waals surface area contributed by atoms with Crippen molar-refractivity contribution in [1.82, 2.24) is 5.43 Å². The molecule has 0 aliphatic rings. The Morgan fingerprint density at radius 2 is 2.04 bits per heavy atom. The average Bonchev–Trinajstić information content (AvgIpc) is 2.56. The first-order chi connectivity index (χ1) is 12.0. The summed E-state index contributed by atoms with van der Waals surface area (Å²) in [6.45, 7) is 2.08. The van der Waals surface area contributed by atoms with E-state index in [1.807, 2.05) is 49.3 Å². The molecule has 0 unspecified atom stereocenters. The molecule has 4 nitrogen and oxygen atoms in total. The van der Waals surface area contributed by atoms with Crippen molar-refractivity contribution in [3.63, 3.8) is 0 Å². The number of hydrogen-bond donors (Lipinski definition) is 1. The maximum Gasteiger partial charge on any atom is 0.250 e. The third-order valence-corrected chi connectivity index (χ3v) is 5.22. The third-order valence-electron chi connectivity index (χ3n) is 3.61. The Kier molecular flexibility index (Phi) is 7.52. The van der Waals surface area contributed by atoms with Crippen LogP contribution in [0.5, 0.6) is 0 Å². The van der Waals surface area contributed by atoms with Crippen LogP contribution in [0.25, 0.3) is 0 Å². The maximum absolute atomic E-state index is 11.9. The van der Waals surface area contributed by atoms with Crippen LogP contribution in [0.4, 0.5) is 5.69 Å². The molecule has 2 aromatic carbocycles. The first-order valence-electron chi connectivity index (χ1n) is 7.88. The van der Waals surface area contributed by atoms with E-state index in [-0.39, 0.29) is 5.91 Å². The summed E-state index contributed by atoms with van der Waals surface area (Å²) in [6.07, 6.45) is 1.65. The number of benzene rings is 2. The van der Waals surface area contributed by atoms with Crippen molar-refractivity contribution < 1.29 is 4.79 Å². The molecule has 0 radical (unpaired) electrons. The van der Waals surface area contributed by atoms with Gasteiger partial charge in [-0.05, 0) is 51.7 Å². The van der Waals surface area contributed by atoms with Gasteiger partial charge >= 0.3 is 0 Å². The number of aryl methyl sites for hydroxylation is 1. The molecule has 1 N–H and O–H groups in total. The van der Waals surface area contributed by atoms with Gasteiger partial charge in [0, 0.05) is 24.3 Å². The highest BCUT2D eigenvalue weighted by atomic mass is 79.9. The van der Waals surface area contributed by atoms with Crippen LogP contribution < -0.4 is 10.3 Å². The van der Waals surface area contributed by atoms with Gasteiger partial charge in [0.05, 0.1) is 17.7 Å². The number of halogens is 1. The summed E-state index contributed by atoms with van der Waals surface area (Å²) < 4.78 is 0.988. The van der Waals surface area contributed by atoms with Gasteiger partial charge in [-0.1, -0.05) is 30.3 Å². The number of rotatable bonds is 7. The molecule has 0 bridgehead atoms. The zero-order valence-corrected chi connectivity index (χ0v) is 17.0. The molecule has 0 aliphatic heterocycles. The van der Waals surface area contributed by atoms with Crippen LogP contribution in [0.2, 0.25) is 0 Å². The van der Waals surface area contributed by atoms with Crippen LogP contribution in [0.3, 0.4) is 0 Å². The Balaban J connectivity index is 1.79. The molecule has 2 rings (SSSR count). The lowest BCUT2D eigenvalue weighted by atomic mass is 10.1. The lowest BCUT2D eigenvalue weighted by molar-refractivity contribution is -0.118. The van der Waals surface area contributed by atoms with Crippen LogP contribution >= 0.6 is 27.7 Å². The van der Waals surface area contributed by atoms with Gasteiger partial charge in [-0.15, -0.1) is 11.8 Å². The van der Waals surface area contributed by atoms with E-state index < -0.39 is 0 Å². The number of amides is 1. The Morgan fingerprint density at radius 1 is 1.28 bits per heavy atom. The van der Waals surface area contributed by atoms with Crippen LogP contribution in [-0.2, 0) is 10.5 Å². The van der Waals surface area contributed by atoms with Gasteiger partial charge in [0.2, 0.25) is 5.91 Å². The van der Waals surface area contributed by atoms with E-state index in [0.717, 1.165) is 21.5 Å². The SMILES string of the molecule is Cc1ccccc1CSCC(=O)NN=Cc1ccc(N(C)C)c(Br)c1. The van der Waals surface area contributed by atoms with E-state index in [2.05, 4.69) is 45.5 Å². The van der Waals surface area contributed by atoms with Crippen molar-refractivity contribution in [3.05, 3.63) is 63.6 Å². The van der Waals surface area contributed by atoms with Gasteiger partial charge < -0.3 is 4.90 Å². The fraction of sp³-hybridized carbons (Fsp3) is 0.263. The van der Waals surface area contributed by atoms with Crippen molar-refractivity contribution in [3.8, 4) is 0 Å². The van der Waals surface area contributed by atoms with Crippen LogP contribution in [-0.4, -0.2) is 32.0 Å². The number of nitrogens with zero attached hydrogens (tertiary/aromatic N) is 2. The summed E-state index contributed by atoms with van der Waals surface area (Å²) in [5.74, 6) is 1.11. The van der Waals surface area contributed by atoms with Crippen LogP contribution in [0.1, 0.15) is 16.7 Å². The summed E-state index contributed by atoms with van der Waals surface area (Å²) in [5.41, 5.74) is 7.09. The van der Waals surface area contributed by atoms with Crippen molar-refractivity contribution in [2.75, 3.05) is 24.7 Å². The fourth-order valence-electron chi connectivity index (χ4n) is 2.20. The summed E-state index contributed by atoms with van der Waals surface area (Å²) in [6, 6.07) is 14.2. The highest BCUT2D eigenvalue weighted by Gasteiger charge is 2.04. The van der Waals surface area contributed by atoms with Crippen molar-refractivity contribution in [2.45, 2.75) is 12.7 Å². The van der Waals surface area contributed by atoms with E-state index in [1.165, 1.54) is 11.1 Å². The lowest BCUT2D eigenvalue weighted by Gasteiger charge is -2.14. The largest absolute Gasteiger partial charge is 0.377 e. The second kappa shape index (κ2) is 9.63. The second-order valence-electron chi connectivity index (χ2n) is 5.82. The molecule has 1 amide bonds. The van der Waals surface area contributed by atoms with E-state index >= 15 is 0 Å². The van der Waals surface area contributed by atoms with Gasteiger partial charge in [-0.25, -0.2) is 5.43 Å². The molecule has 0 saturated carbocycles. The van der Waals surface area contributed by atoms with E-state index in [0.29, 0.717) is 5.75 Å². The third kappa shape index (κ3) is 6.21. The minimum Gasteiger partial charge on any atom is -0.377 e. The number of hydrazone groups is 1. The number of anilines is 1. The number of carbonyl (C=O) groups is 1. The van der Waals surface area contributed by atoms with Crippen molar-refractivity contribution >= 4 is 45.5 Å². The van der Waals surface area contributed by atoms with Gasteiger partial charge in [0.15, 0.2) is 0 Å².